The summed E-state index contributed by atoms with van der Waals surface area (Å²) in [6.07, 6.45) is 2.38. The summed E-state index contributed by atoms with van der Waals surface area (Å²) in [6, 6.07) is 17.0. The monoisotopic (exact) mass is 477 g/mol. The number of nitrogen functional groups attached to an aromatic ring is 1. The highest BCUT2D eigenvalue weighted by Gasteiger charge is 2.12. The van der Waals surface area contributed by atoms with Crippen molar-refractivity contribution in [3.05, 3.63) is 76.9 Å². The molecule has 0 bridgehead atoms. The zero-order valence-corrected chi connectivity index (χ0v) is 20.1. The number of aryl methyl sites for hydroxylation is 1. The van der Waals surface area contributed by atoms with Crippen molar-refractivity contribution in [3.8, 4) is 10.6 Å². The standard InChI is InChI=1S/C16H17N7OS.C8H10O/c1-9-21-22-14(25-9)12-8-18-16(20-13(12)17)19-11-6-4-10(5-7-11)15(24)23(2)3;9-7-6-8-4-2-1-3-5-8/h4-8H,1-3H3,(H3,17,18,19,20);1-5,9H,6-7H2. The van der Waals surface area contributed by atoms with Gasteiger partial charge in [0.1, 0.15) is 10.8 Å². The Morgan fingerprint density at radius 3 is 2.35 bits per heavy atom. The molecule has 1 amide bonds. The average molecular weight is 478 g/mol. The first-order valence-electron chi connectivity index (χ1n) is 10.5. The molecule has 0 saturated carbocycles. The van der Waals surface area contributed by atoms with Gasteiger partial charge in [-0.15, -0.1) is 10.2 Å². The van der Waals surface area contributed by atoms with E-state index in [0.29, 0.717) is 27.9 Å². The van der Waals surface area contributed by atoms with Gasteiger partial charge < -0.3 is 21.1 Å². The number of aliphatic hydroxyl groups is 1. The summed E-state index contributed by atoms with van der Waals surface area (Å²) >= 11 is 1.43. The number of rotatable bonds is 6. The Balaban J connectivity index is 0.000000302. The molecular formula is C24H27N7O2S. The molecular weight excluding hydrogens is 450 g/mol. The van der Waals surface area contributed by atoms with E-state index < -0.39 is 0 Å². The second kappa shape index (κ2) is 11.8. The molecule has 34 heavy (non-hydrogen) atoms. The summed E-state index contributed by atoms with van der Waals surface area (Å²) in [5, 5.41) is 21.1. The van der Waals surface area contributed by atoms with Crippen LogP contribution in [0.15, 0.2) is 60.8 Å². The van der Waals surface area contributed by atoms with Crippen LogP contribution in [-0.2, 0) is 6.42 Å². The molecule has 0 aliphatic rings. The molecule has 4 aromatic rings. The second-order valence-corrected chi connectivity index (χ2v) is 8.66. The summed E-state index contributed by atoms with van der Waals surface area (Å²) < 4.78 is 0. The van der Waals surface area contributed by atoms with Crippen molar-refractivity contribution in [2.24, 2.45) is 0 Å². The van der Waals surface area contributed by atoms with E-state index in [9.17, 15) is 4.79 Å². The molecule has 2 aromatic heterocycles. The molecule has 0 fully saturated rings. The minimum Gasteiger partial charge on any atom is -0.396 e. The zero-order chi connectivity index (χ0) is 24.5. The predicted octanol–water partition coefficient (Wildman–Crippen LogP) is 3.55. The third kappa shape index (κ3) is 6.80. The van der Waals surface area contributed by atoms with Crippen LogP contribution in [0.1, 0.15) is 20.9 Å². The Morgan fingerprint density at radius 2 is 1.79 bits per heavy atom. The maximum atomic E-state index is 11.9. The fourth-order valence-corrected chi connectivity index (χ4v) is 3.59. The quantitative estimate of drug-likeness (QED) is 0.384. The predicted molar refractivity (Wildman–Crippen MR) is 135 cm³/mol. The van der Waals surface area contributed by atoms with Gasteiger partial charge in [0.05, 0.1) is 5.56 Å². The molecule has 0 atom stereocenters. The number of carbonyl (C=O) groups excluding carboxylic acids is 1. The Hall–Kier alpha value is -3.89. The molecule has 0 aliphatic heterocycles. The third-order valence-electron chi connectivity index (χ3n) is 4.61. The van der Waals surface area contributed by atoms with Crippen molar-refractivity contribution in [1.29, 1.82) is 0 Å². The lowest BCUT2D eigenvalue weighted by molar-refractivity contribution is 0.0827. The van der Waals surface area contributed by atoms with Crippen LogP contribution in [0.5, 0.6) is 0 Å². The number of carbonyl (C=O) groups is 1. The molecule has 0 saturated heterocycles. The van der Waals surface area contributed by atoms with Crippen LogP contribution in [0, 0.1) is 6.92 Å². The highest BCUT2D eigenvalue weighted by atomic mass is 32.1. The van der Waals surface area contributed by atoms with Gasteiger partial charge >= 0.3 is 0 Å². The number of nitrogens with two attached hydrogens (primary N) is 1. The van der Waals surface area contributed by atoms with Crippen LogP contribution < -0.4 is 11.1 Å². The number of anilines is 3. The molecule has 4 rings (SSSR count). The number of nitrogens with one attached hydrogen (secondary N) is 1. The largest absolute Gasteiger partial charge is 0.396 e. The van der Waals surface area contributed by atoms with Gasteiger partial charge in [-0.3, -0.25) is 4.79 Å². The van der Waals surface area contributed by atoms with Gasteiger partial charge in [-0.05, 0) is 43.2 Å². The second-order valence-electron chi connectivity index (χ2n) is 7.48. The first-order chi connectivity index (χ1) is 16.4. The van der Waals surface area contributed by atoms with Crippen molar-refractivity contribution in [2.45, 2.75) is 13.3 Å². The van der Waals surface area contributed by atoms with E-state index in [0.717, 1.165) is 17.1 Å². The summed E-state index contributed by atoms with van der Waals surface area (Å²) in [5.41, 5.74) is 9.23. The highest BCUT2D eigenvalue weighted by Crippen LogP contribution is 2.27. The molecule has 2 aromatic carbocycles. The van der Waals surface area contributed by atoms with Crippen molar-refractivity contribution < 1.29 is 9.90 Å². The summed E-state index contributed by atoms with van der Waals surface area (Å²) in [5.74, 6) is 0.644. The third-order valence-corrected chi connectivity index (χ3v) is 5.48. The maximum absolute atomic E-state index is 11.9. The lowest BCUT2D eigenvalue weighted by Crippen LogP contribution is -2.21. The topological polar surface area (TPSA) is 130 Å². The summed E-state index contributed by atoms with van der Waals surface area (Å²) in [6.45, 7) is 2.11. The van der Waals surface area contributed by atoms with E-state index in [4.69, 9.17) is 10.8 Å². The van der Waals surface area contributed by atoms with E-state index in [1.807, 2.05) is 37.3 Å². The molecule has 0 spiro atoms. The highest BCUT2D eigenvalue weighted by molar-refractivity contribution is 7.14. The molecule has 0 aliphatic carbocycles. The Morgan fingerprint density at radius 1 is 1.09 bits per heavy atom. The van der Waals surface area contributed by atoms with Crippen LogP contribution in [0.2, 0.25) is 0 Å². The summed E-state index contributed by atoms with van der Waals surface area (Å²) in [4.78, 5) is 21.9. The van der Waals surface area contributed by atoms with Gasteiger partial charge in [-0.1, -0.05) is 41.7 Å². The van der Waals surface area contributed by atoms with Crippen molar-refractivity contribution in [1.82, 2.24) is 25.1 Å². The van der Waals surface area contributed by atoms with Crippen LogP contribution in [-0.4, -0.2) is 56.8 Å². The van der Waals surface area contributed by atoms with Gasteiger partial charge in [-0.2, -0.15) is 4.98 Å². The molecule has 9 nitrogen and oxygen atoms in total. The van der Waals surface area contributed by atoms with Crippen LogP contribution in [0.3, 0.4) is 0 Å². The van der Waals surface area contributed by atoms with Crippen LogP contribution in [0.25, 0.3) is 10.6 Å². The SMILES string of the molecule is Cc1nnc(-c2cnc(Nc3ccc(C(=O)N(C)C)cc3)nc2N)s1.OCCc1ccccc1. The van der Waals surface area contributed by atoms with Crippen molar-refractivity contribution >= 4 is 34.7 Å². The smallest absolute Gasteiger partial charge is 0.253 e. The molecule has 4 N–H and O–H groups in total. The number of hydrogen-bond acceptors (Lipinski definition) is 9. The zero-order valence-electron chi connectivity index (χ0n) is 19.3. The number of nitrogens with zero attached hydrogens (tertiary/aromatic N) is 5. The lowest BCUT2D eigenvalue weighted by atomic mass is 10.2. The van der Waals surface area contributed by atoms with Gasteiger partial charge in [0, 0.05) is 38.1 Å². The van der Waals surface area contributed by atoms with E-state index in [1.165, 1.54) is 21.8 Å². The van der Waals surface area contributed by atoms with Crippen molar-refractivity contribution in [3.63, 3.8) is 0 Å². The molecule has 0 unspecified atom stereocenters. The van der Waals surface area contributed by atoms with Gasteiger partial charge in [-0.25, -0.2) is 4.98 Å². The Bertz CT molecular complexity index is 1210. The van der Waals surface area contributed by atoms with Gasteiger partial charge in [0.2, 0.25) is 5.95 Å². The fraction of sp³-hybridized carbons (Fsp3) is 0.208. The van der Waals surface area contributed by atoms with Crippen molar-refractivity contribution in [2.75, 3.05) is 31.8 Å². The Kier molecular flexibility index (Phi) is 8.60. The number of hydrogen-bond donors (Lipinski definition) is 3. The number of aliphatic hydroxyl groups excluding tert-OH is 1. The minimum absolute atomic E-state index is 0.0521. The maximum Gasteiger partial charge on any atom is 0.253 e. The average Bonchev–Trinajstić information content (AvgIpc) is 3.26. The van der Waals surface area contributed by atoms with Gasteiger partial charge in [0.15, 0.2) is 5.01 Å². The fourth-order valence-electron chi connectivity index (χ4n) is 2.88. The van der Waals surface area contributed by atoms with E-state index >= 15 is 0 Å². The molecule has 10 heteroatoms. The number of aromatic nitrogens is 4. The number of benzene rings is 2. The summed E-state index contributed by atoms with van der Waals surface area (Å²) in [7, 11) is 3.43. The van der Waals surface area contributed by atoms with Gasteiger partial charge in [0.25, 0.3) is 5.91 Å². The Labute approximate surface area is 202 Å². The normalized spacial score (nSPS) is 10.2. The molecule has 0 radical (unpaired) electrons. The van der Waals surface area contributed by atoms with E-state index in [-0.39, 0.29) is 12.5 Å². The first kappa shape index (κ1) is 24.7. The minimum atomic E-state index is -0.0521. The first-order valence-corrected chi connectivity index (χ1v) is 11.4. The molecule has 2 heterocycles. The lowest BCUT2D eigenvalue weighted by Gasteiger charge is -2.11. The van der Waals surface area contributed by atoms with E-state index in [2.05, 4.69) is 25.5 Å². The van der Waals surface area contributed by atoms with Crippen LogP contribution in [0.4, 0.5) is 17.5 Å². The van der Waals surface area contributed by atoms with E-state index in [1.54, 1.807) is 44.6 Å². The number of amides is 1. The van der Waals surface area contributed by atoms with Crippen LogP contribution >= 0.6 is 11.3 Å². The molecule has 176 valence electrons.